The number of hydrogen-bond donors (Lipinski definition) is 1. The van der Waals surface area contributed by atoms with Gasteiger partial charge in [-0.3, -0.25) is 4.79 Å². The number of nitrogens with one attached hydrogen (secondary N) is 1. The van der Waals surface area contributed by atoms with Crippen LogP contribution in [-0.4, -0.2) is 9.55 Å². The molecule has 1 N–H and O–H groups in total. The van der Waals surface area contributed by atoms with Crippen molar-refractivity contribution in [3.63, 3.8) is 0 Å². The van der Waals surface area contributed by atoms with Crippen LogP contribution in [0, 0.1) is 17.6 Å². The van der Waals surface area contributed by atoms with Gasteiger partial charge in [-0.05, 0) is 30.5 Å². The van der Waals surface area contributed by atoms with Gasteiger partial charge in [-0.1, -0.05) is 19.9 Å². The summed E-state index contributed by atoms with van der Waals surface area (Å²) >= 11 is 0. The average Bonchev–Trinajstić information content (AvgIpc) is 2.45. The first-order valence-electron chi connectivity index (χ1n) is 7.15. The second-order valence-corrected chi connectivity index (χ2v) is 5.67. The highest BCUT2D eigenvalue weighted by atomic mass is 19.2. The van der Waals surface area contributed by atoms with Gasteiger partial charge in [0.1, 0.15) is 0 Å². The summed E-state index contributed by atoms with van der Waals surface area (Å²) in [5, 5.41) is 2.95. The van der Waals surface area contributed by atoms with Crippen molar-refractivity contribution in [3.05, 3.63) is 58.1 Å². The molecule has 1 atom stereocenters. The summed E-state index contributed by atoms with van der Waals surface area (Å²) in [7, 11) is 0. The van der Waals surface area contributed by atoms with Crippen molar-refractivity contribution in [2.75, 3.05) is 5.32 Å². The van der Waals surface area contributed by atoms with Crippen molar-refractivity contribution in [1.29, 1.82) is 0 Å². The van der Waals surface area contributed by atoms with Gasteiger partial charge in [0.15, 0.2) is 17.5 Å². The Bertz CT molecular complexity index is 713. The van der Waals surface area contributed by atoms with Gasteiger partial charge in [0.25, 0.3) is 5.56 Å². The van der Waals surface area contributed by atoms with E-state index >= 15 is 0 Å². The normalized spacial score (nSPS) is 12.5. The molecule has 2 rings (SSSR count). The Kier molecular flexibility index (Phi) is 4.90. The molecule has 0 saturated heterocycles. The number of anilines is 1. The minimum atomic E-state index is -0.913. The number of benzene rings is 1. The Morgan fingerprint density at radius 2 is 1.95 bits per heavy atom. The summed E-state index contributed by atoms with van der Waals surface area (Å²) in [5.41, 5.74) is 0.310. The molecule has 0 saturated carbocycles. The van der Waals surface area contributed by atoms with Gasteiger partial charge in [-0.15, -0.1) is 0 Å². The lowest BCUT2D eigenvalue weighted by molar-refractivity contribution is 0.505. The van der Waals surface area contributed by atoms with E-state index in [1.54, 1.807) is 23.9 Å². The maximum absolute atomic E-state index is 13.3. The molecule has 1 heterocycles. The maximum Gasteiger partial charge on any atom is 0.293 e. The Morgan fingerprint density at radius 3 is 2.59 bits per heavy atom. The first-order chi connectivity index (χ1) is 10.4. The van der Waals surface area contributed by atoms with Crippen molar-refractivity contribution < 1.29 is 8.78 Å². The molecule has 0 amide bonds. The summed E-state index contributed by atoms with van der Waals surface area (Å²) < 4.78 is 27.8. The van der Waals surface area contributed by atoms with Crippen LogP contribution in [0.25, 0.3) is 0 Å². The van der Waals surface area contributed by atoms with E-state index in [0.29, 0.717) is 18.0 Å². The molecular formula is C16H19F2N3O. The molecule has 0 aliphatic heterocycles. The fraction of sp³-hybridized carbons (Fsp3) is 0.375. The highest BCUT2D eigenvalue weighted by molar-refractivity contribution is 5.36. The van der Waals surface area contributed by atoms with Crippen molar-refractivity contribution in [3.8, 4) is 0 Å². The molecule has 22 heavy (non-hydrogen) atoms. The average molecular weight is 307 g/mol. The molecule has 6 heteroatoms. The maximum atomic E-state index is 13.3. The highest BCUT2D eigenvalue weighted by Crippen LogP contribution is 2.18. The topological polar surface area (TPSA) is 46.9 Å². The molecule has 0 radical (unpaired) electrons. The Balaban J connectivity index is 2.23. The predicted molar refractivity (Wildman–Crippen MR) is 81.7 cm³/mol. The number of hydrogen-bond acceptors (Lipinski definition) is 3. The van der Waals surface area contributed by atoms with E-state index in [1.165, 1.54) is 6.07 Å². The third-order valence-electron chi connectivity index (χ3n) is 3.27. The third kappa shape index (κ3) is 3.69. The van der Waals surface area contributed by atoms with Gasteiger partial charge in [-0.2, -0.15) is 0 Å². The van der Waals surface area contributed by atoms with Gasteiger partial charge < -0.3 is 9.88 Å². The summed E-state index contributed by atoms with van der Waals surface area (Å²) in [4.78, 5) is 16.3. The van der Waals surface area contributed by atoms with E-state index in [9.17, 15) is 13.6 Å². The summed E-state index contributed by atoms with van der Waals surface area (Å²) in [6.45, 7) is 6.39. The zero-order chi connectivity index (χ0) is 16.3. The molecule has 1 aromatic carbocycles. The Hall–Kier alpha value is -2.24. The van der Waals surface area contributed by atoms with Crippen LogP contribution < -0.4 is 10.9 Å². The second kappa shape index (κ2) is 6.68. The summed E-state index contributed by atoms with van der Waals surface area (Å²) in [5.74, 6) is -1.28. The van der Waals surface area contributed by atoms with Crippen LogP contribution in [0.5, 0.6) is 0 Å². The fourth-order valence-corrected chi connectivity index (χ4v) is 2.15. The van der Waals surface area contributed by atoms with Gasteiger partial charge in [0.05, 0.1) is 6.04 Å². The van der Waals surface area contributed by atoms with Crippen molar-refractivity contribution >= 4 is 5.82 Å². The van der Waals surface area contributed by atoms with E-state index in [1.807, 2.05) is 13.8 Å². The van der Waals surface area contributed by atoms with Crippen LogP contribution in [0.2, 0.25) is 0 Å². The van der Waals surface area contributed by atoms with Gasteiger partial charge in [0.2, 0.25) is 0 Å². The lowest BCUT2D eigenvalue weighted by Gasteiger charge is -2.16. The largest absolute Gasteiger partial charge is 0.359 e. The molecule has 0 aliphatic rings. The van der Waals surface area contributed by atoms with Crippen LogP contribution in [0.15, 0.2) is 35.4 Å². The SMILES string of the molecule is CC(C)Cn1ccnc(NC(C)c2ccc(F)c(F)c2)c1=O. The van der Waals surface area contributed by atoms with Crippen LogP contribution in [0.1, 0.15) is 32.4 Å². The molecule has 2 aromatic rings. The zero-order valence-corrected chi connectivity index (χ0v) is 12.8. The third-order valence-corrected chi connectivity index (χ3v) is 3.27. The number of rotatable bonds is 5. The molecular weight excluding hydrogens is 288 g/mol. The van der Waals surface area contributed by atoms with E-state index in [4.69, 9.17) is 0 Å². The minimum absolute atomic E-state index is 0.195. The van der Waals surface area contributed by atoms with E-state index in [2.05, 4.69) is 10.3 Å². The molecule has 1 unspecified atom stereocenters. The highest BCUT2D eigenvalue weighted by Gasteiger charge is 2.12. The van der Waals surface area contributed by atoms with Gasteiger partial charge in [0, 0.05) is 18.9 Å². The minimum Gasteiger partial charge on any atom is -0.359 e. The predicted octanol–water partition coefficient (Wildman–Crippen LogP) is 3.35. The van der Waals surface area contributed by atoms with E-state index in [0.717, 1.165) is 12.1 Å². The van der Waals surface area contributed by atoms with Crippen molar-refractivity contribution in [2.45, 2.75) is 33.4 Å². The number of aromatic nitrogens is 2. The smallest absolute Gasteiger partial charge is 0.293 e. The monoisotopic (exact) mass is 307 g/mol. The van der Waals surface area contributed by atoms with Gasteiger partial charge >= 0.3 is 0 Å². The Morgan fingerprint density at radius 1 is 1.23 bits per heavy atom. The standard InChI is InChI=1S/C16H19F2N3O/c1-10(2)9-21-7-6-19-15(16(21)22)20-11(3)12-4-5-13(17)14(18)8-12/h4-8,10-11H,9H2,1-3H3,(H,19,20). The zero-order valence-electron chi connectivity index (χ0n) is 12.8. The second-order valence-electron chi connectivity index (χ2n) is 5.67. The molecule has 0 aliphatic carbocycles. The molecule has 118 valence electrons. The molecule has 0 bridgehead atoms. The summed E-state index contributed by atoms with van der Waals surface area (Å²) in [6, 6.07) is 3.29. The van der Waals surface area contributed by atoms with Crippen LogP contribution in [-0.2, 0) is 6.54 Å². The quantitative estimate of drug-likeness (QED) is 0.921. The lowest BCUT2D eigenvalue weighted by atomic mass is 10.1. The first kappa shape index (κ1) is 16.1. The van der Waals surface area contributed by atoms with Crippen LogP contribution in [0.3, 0.4) is 0 Å². The number of nitrogens with zero attached hydrogens (tertiary/aromatic N) is 2. The van der Waals surface area contributed by atoms with Crippen molar-refractivity contribution in [2.24, 2.45) is 5.92 Å². The fourth-order valence-electron chi connectivity index (χ4n) is 2.15. The van der Waals surface area contributed by atoms with E-state index in [-0.39, 0.29) is 17.4 Å². The first-order valence-corrected chi connectivity index (χ1v) is 7.15. The van der Waals surface area contributed by atoms with Crippen molar-refractivity contribution in [1.82, 2.24) is 9.55 Å². The van der Waals surface area contributed by atoms with Crippen LogP contribution in [0.4, 0.5) is 14.6 Å². The van der Waals surface area contributed by atoms with Gasteiger partial charge in [-0.25, -0.2) is 13.8 Å². The summed E-state index contributed by atoms with van der Waals surface area (Å²) in [6.07, 6.45) is 3.18. The molecule has 0 fully saturated rings. The molecule has 4 nitrogen and oxygen atoms in total. The molecule has 1 aromatic heterocycles. The Labute approximate surface area is 127 Å². The molecule has 0 spiro atoms. The van der Waals surface area contributed by atoms with E-state index < -0.39 is 11.6 Å². The lowest BCUT2D eigenvalue weighted by Crippen LogP contribution is -2.26. The number of halogens is 2. The van der Waals surface area contributed by atoms with Crippen LogP contribution >= 0.6 is 0 Å².